The summed E-state index contributed by atoms with van der Waals surface area (Å²) in [4.78, 5) is 10.9. The zero-order valence-corrected chi connectivity index (χ0v) is 8.15. The third-order valence-electron chi connectivity index (χ3n) is 2.82. The van der Waals surface area contributed by atoms with Crippen molar-refractivity contribution in [2.24, 2.45) is 0 Å². The fourth-order valence-corrected chi connectivity index (χ4v) is 2.07. The molecule has 14 heavy (non-hydrogen) atoms. The second kappa shape index (κ2) is 4.23. The van der Waals surface area contributed by atoms with Gasteiger partial charge < -0.3 is 0 Å². The van der Waals surface area contributed by atoms with Gasteiger partial charge in [0.05, 0.1) is 0 Å². The predicted molar refractivity (Wildman–Crippen MR) is 57.2 cm³/mol. The van der Waals surface area contributed by atoms with Crippen molar-refractivity contribution in [2.75, 3.05) is 0 Å². The summed E-state index contributed by atoms with van der Waals surface area (Å²) < 4.78 is 0. The third-order valence-corrected chi connectivity index (χ3v) is 2.82. The Labute approximate surface area is 84.5 Å². The average molecular weight is 186 g/mol. The molecule has 0 saturated carbocycles. The van der Waals surface area contributed by atoms with Crippen LogP contribution in [0.2, 0.25) is 0 Å². The molecule has 1 heteroatoms. The molecule has 0 radical (unpaired) electrons. The second-order valence-electron chi connectivity index (χ2n) is 3.72. The van der Waals surface area contributed by atoms with Gasteiger partial charge in [0.25, 0.3) is 0 Å². The van der Waals surface area contributed by atoms with E-state index in [0.717, 1.165) is 24.7 Å². The van der Waals surface area contributed by atoms with Crippen molar-refractivity contribution in [2.45, 2.75) is 25.2 Å². The van der Waals surface area contributed by atoms with Crippen molar-refractivity contribution in [1.82, 2.24) is 0 Å². The Balaban J connectivity index is 2.29. The molecule has 0 heterocycles. The Morgan fingerprint density at radius 2 is 2.00 bits per heavy atom. The molecule has 0 saturated heterocycles. The number of allylic oxidation sites excluding steroid dienone is 2. The summed E-state index contributed by atoms with van der Waals surface area (Å²) in [5, 5.41) is 0. The first-order valence-corrected chi connectivity index (χ1v) is 5.12. The molecule has 0 N–H and O–H groups in total. The van der Waals surface area contributed by atoms with E-state index in [2.05, 4.69) is 18.2 Å². The molecule has 2 rings (SSSR count). The van der Waals surface area contributed by atoms with E-state index in [4.69, 9.17) is 0 Å². The number of rotatable bonds is 2. The third kappa shape index (κ3) is 1.77. The van der Waals surface area contributed by atoms with Crippen molar-refractivity contribution in [3.8, 4) is 0 Å². The lowest BCUT2D eigenvalue weighted by Crippen LogP contribution is -2.07. The van der Waals surface area contributed by atoms with Crippen molar-refractivity contribution >= 4 is 6.29 Å². The van der Waals surface area contributed by atoms with Gasteiger partial charge in [0, 0.05) is 5.92 Å². The van der Waals surface area contributed by atoms with E-state index < -0.39 is 0 Å². The Kier molecular flexibility index (Phi) is 2.78. The van der Waals surface area contributed by atoms with Gasteiger partial charge >= 0.3 is 0 Å². The molecule has 1 aliphatic carbocycles. The van der Waals surface area contributed by atoms with Crippen LogP contribution in [0.5, 0.6) is 0 Å². The van der Waals surface area contributed by atoms with Crippen LogP contribution in [-0.4, -0.2) is 6.29 Å². The van der Waals surface area contributed by atoms with Crippen LogP contribution in [0, 0.1) is 0 Å². The summed E-state index contributed by atoms with van der Waals surface area (Å²) in [6.45, 7) is 0. The maximum absolute atomic E-state index is 10.9. The van der Waals surface area contributed by atoms with Gasteiger partial charge in [0.15, 0.2) is 0 Å². The summed E-state index contributed by atoms with van der Waals surface area (Å²) in [5.41, 5.74) is 2.23. The molecule has 0 aliphatic heterocycles. The first kappa shape index (κ1) is 9.20. The van der Waals surface area contributed by atoms with E-state index >= 15 is 0 Å². The van der Waals surface area contributed by atoms with Crippen LogP contribution in [-0.2, 0) is 4.79 Å². The van der Waals surface area contributed by atoms with Gasteiger partial charge in [-0.1, -0.05) is 36.4 Å². The maximum Gasteiger partial charge on any atom is 0.146 e. The van der Waals surface area contributed by atoms with Crippen LogP contribution in [0.1, 0.15) is 30.7 Å². The normalized spacial score (nSPS) is 21.4. The van der Waals surface area contributed by atoms with Crippen LogP contribution >= 0.6 is 0 Å². The van der Waals surface area contributed by atoms with E-state index in [1.807, 2.05) is 18.2 Å². The van der Waals surface area contributed by atoms with Gasteiger partial charge in [-0.15, -0.1) is 0 Å². The van der Waals surface area contributed by atoms with E-state index in [0.29, 0.717) is 5.92 Å². The first-order valence-electron chi connectivity index (χ1n) is 5.12. The number of carbonyl (C=O) groups is 1. The summed E-state index contributed by atoms with van der Waals surface area (Å²) >= 11 is 0. The summed E-state index contributed by atoms with van der Waals surface area (Å²) in [5.74, 6) is 0.336. The van der Waals surface area contributed by atoms with Crippen molar-refractivity contribution < 1.29 is 4.79 Å². The number of hydrogen-bond acceptors (Lipinski definition) is 1. The molecule has 72 valence electrons. The molecular formula is C13H14O. The summed E-state index contributed by atoms with van der Waals surface area (Å²) in [6, 6.07) is 10.3. The standard InChI is InChI=1S/C13H14O/c14-10-12-8-4-5-9-13(12)11-6-2-1-3-7-11/h1-3,6-8,10,13H,4-5,9H2/t13-/m1/s1. The van der Waals surface area contributed by atoms with Crippen LogP contribution in [0.25, 0.3) is 0 Å². The fourth-order valence-electron chi connectivity index (χ4n) is 2.07. The molecule has 1 aromatic rings. The Morgan fingerprint density at radius 1 is 1.21 bits per heavy atom. The highest BCUT2D eigenvalue weighted by Crippen LogP contribution is 2.32. The maximum atomic E-state index is 10.9. The molecule has 1 atom stereocenters. The van der Waals surface area contributed by atoms with E-state index in [1.54, 1.807) is 0 Å². The SMILES string of the molecule is O=CC1=CCCC[C@@H]1c1ccccc1. The second-order valence-corrected chi connectivity index (χ2v) is 3.72. The van der Waals surface area contributed by atoms with E-state index in [1.165, 1.54) is 12.0 Å². The Bertz CT molecular complexity index is 338. The molecule has 0 unspecified atom stereocenters. The minimum atomic E-state index is 0.336. The number of hydrogen-bond donors (Lipinski definition) is 0. The van der Waals surface area contributed by atoms with Gasteiger partial charge in [0.2, 0.25) is 0 Å². The molecule has 0 aromatic heterocycles. The monoisotopic (exact) mass is 186 g/mol. The summed E-state index contributed by atoms with van der Waals surface area (Å²) in [7, 11) is 0. The van der Waals surface area contributed by atoms with Crippen molar-refractivity contribution in [3.05, 3.63) is 47.5 Å². The van der Waals surface area contributed by atoms with Crippen LogP contribution < -0.4 is 0 Å². The lowest BCUT2D eigenvalue weighted by molar-refractivity contribution is -0.105. The zero-order valence-electron chi connectivity index (χ0n) is 8.15. The minimum absolute atomic E-state index is 0.336. The van der Waals surface area contributed by atoms with Crippen LogP contribution in [0.4, 0.5) is 0 Å². The van der Waals surface area contributed by atoms with Gasteiger partial charge in [-0.25, -0.2) is 0 Å². The van der Waals surface area contributed by atoms with Crippen molar-refractivity contribution in [1.29, 1.82) is 0 Å². The van der Waals surface area contributed by atoms with Gasteiger partial charge in [0.1, 0.15) is 6.29 Å². The van der Waals surface area contributed by atoms with Gasteiger partial charge in [-0.2, -0.15) is 0 Å². The van der Waals surface area contributed by atoms with Crippen LogP contribution in [0.3, 0.4) is 0 Å². The lowest BCUT2D eigenvalue weighted by Gasteiger charge is -2.20. The van der Waals surface area contributed by atoms with Crippen LogP contribution in [0.15, 0.2) is 42.0 Å². The summed E-state index contributed by atoms with van der Waals surface area (Å²) in [6.07, 6.45) is 6.44. The molecule has 0 fully saturated rings. The number of benzene rings is 1. The highest BCUT2D eigenvalue weighted by atomic mass is 16.1. The molecule has 1 aromatic carbocycles. The molecule has 0 spiro atoms. The fraction of sp³-hybridized carbons (Fsp3) is 0.308. The number of carbonyl (C=O) groups excluding carboxylic acids is 1. The Hall–Kier alpha value is -1.37. The smallest absolute Gasteiger partial charge is 0.146 e. The van der Waals surface area contributed by atoms with Gasteiger partial charge in [-0.05, 0) is 30.4 Å². The molecule has 1 nitrogen and oxygen atoms in total. The lowest BCUT2D eigenvalue weighted by atomic mass is 9.83. The molecular weight excluding hydrogens is 172 g/mol. The predicted octanol–water partition coefficient (Wildman–Crippen LogP) is 3.08. The minimum Gasteiger partial charge on any atom is -0.298 e. The van der Waals surface area contributed by atoms with Crippen molar-refractivity contribution in [3.63, 3.8) is 0 Å². The van der Waals surface area contributed by atoms with E-state index in [9.17, 15) is 4.79 Å². The number of aldehydes is 1. The molecule has 0 bridgehead atoms. The quantitative estimate of drug-likeness (QED) is 0.649. The Morgan fingerprint density at radius 3 is 2.71 bits per heavy atom. The highest BCUT2D eigenvalue weighted by Gasteiger charge is 2.18. The van der Waals surface area contributed by atoms with Gasteiger partial charge in [-0.3, -0.25) is 4.79 Å². The average Bonchev–Trinajstić information content (AvgIpc) is 2.30. The van der Waals surface area contributed by atoms with E-state index in [-0.39, 0.29) is 0 Å². The highest BCUT2D eigenvalue weighted by molar-refractivity contribution is 5.76. The first-order chi connectivity index (χ1) is 6.92. The molecule has 0 amide bonds. The zero-order chi connectivity index (χ0) is 9.80. The topological polar surface area (TPSA) is 17.1 Å². The molecule has 1 aliphatic rings. The largest absolute Gasteiger partial charge is 0.298 e.